The van der Waals surface area contributed by atoms with E-state index in [0.29, 0.717) is 12.5 Å². The maximum atomic E-state index is 11.8. The molecule has 0 spiro atoms. The van der Waals surface area contributed by atoms with Crippen molar-refractivity contribution in [3.63, 3.8) is 0 Å². The van der Waals surface area contributed by atoms with Crippen LogP contribution in [0.15, 0.2) is 0 Å². The predicted molar refractivity (Wildman–Crippen MR) is 60.1 cm³/mol. The van der Waals surface area contributed by atoms with E-state index in [0.717, 1.165) is 12.8 Å². The molecule has 1 fully saturated rings. The number of aliphatic hydroxyl groups is 1. The molecule has 90 valence electrons. The second kappa shape index (κ2) is 5.27. The van der Waals surface area contributed by atoms with Crippen LogP contribution in [0, 0.1) is 5.92 Å². The summed E-state index contributed by atoms with van der Waals surface area (Å²) in [5.41, 5.74) is 0. The highest BCUT2D eigenvalue weighted by Crippen LogP contribution is 2.26. The summed E-state index contributed by atoms with van der Waals surface area (Å²) in [7, 11) is -1.68. The van der Waals surface area contributed by atoms with Crippen molar-refractivity contribution in [2.45, 2.75) is 37.9 Å². The summed E-state index contributed by atoms with van der Waals surface area (Å²) < 4.78 is 25.0. The van der Waals surface area contributed by atoms with E-state index < -0.39 is 15.3 Å². The third-order valence-corrected chi connectivity index (χ3v) is 5.37. The van der Waals surface area contributed by atoms with Crippen LogP contribution >= 0.6 is 0 Å². The van der Waals surface area contributed by atoms with Gasteiger partial charge in [-0.25, -0.2) is 12.7 Å². The van der Waals surface area contributed by atoms with E-state index in [2.05, 4.69) is 0 Å². The second-order valence-corrected chi connectivity index (χ2v) is 6.93. The van der Waals surface area contributed by atoms with Crippen molar-refractivity contribution < 1.29 is 13.5 Å². The minimum absolute atomic E-state index is 0.308. The Morgan fingerprint density at radius 2 is 1.93 bits per heavy atom. The minimum atomic E-state index is -3.29. The van der Waals surface area contributed by atoms with Gasteiger partial charge in [0.15, 0.2) is 0 Å². The summed E-state index contributed by atoms with van der Waals surface area (Å²) in [4.78, 5) is 0. The summed E-state index contributed by atoms with van der Waals surface area (Å²) in [5.74, 6) is 0.510. The van der Waals surface area contributed by atoms with Gasteiger partial charge in [0.25, 0.3) is 0 Å². The van der Waals surface area contributed by atoms with Crippen LogP contribution in [0.5, 0.6) is 0 Å². The second-order valence-electron chi connectivity index (χ2n) is 4.47. The Bertz CT molecular complexity index is 283. The molecule has 1 N–H and O–H groups in total. The molecule has 1 saturated carbocycles. The molecule has 5 heteroatoms. The van der Waals surface area contributed by atoms with E-state index in [1.54, 1.807) is 14.0 Å². The Kier molecular flexibility index (Phi) is 4.55. The fourth-order valence-electron chi connectivity index (χ4n) is 2.06. The van der Waals surface area contributed by atoms with E-state index in [9.17, 15) is 8.42 Å². The van der Waals surface area contributed by atoms with Crippen molar-refractivity contribution in [1.29, 1.82) is 0 Å². The lowest BCUT2D eigenvalue weighted by Crippen LogP contribution is -2.38. The SMILES string of the molecule is CC(CO)S(=O)(=O)N(C)CC1CCCC1. The van der Waals surface area contributed by atoms with E-state index >= 15 is 0 Å². The summed E-state index contributed by atoms with van der Waals surface area (Å²) in [6.45, 7) is 1.84. The van der Waals surface area contributed by atoms with E-state index in [-0.39, 0.29) is 6.61 Å². The lowest BCUT2D eigenvalue weighted by molar-refractivity contribution is 0.288. The molecule has 4 nitrogen and oxygen atoms in total. The Morgan fingerprint density at radius 3 is 2.40 bits per heavy atom. The van der Waals surface area contributed by atoms with Crippen LogP contribution in [0.2, 0.25) is 0 Å². The van der Waals surface area contributed by atoms with Crippen molar-refractivity contribution in [3.05, 3.63) is 0 Å². The van der Waals surface area contributed by atoms with Gasteiger partial charge < -0.3 is 5.11 Å². The van der Waals surface area contributed by atoms with Crippen LogP contribution in [0.3, 0.4) is 0 Å². The molecule has 1 atom stereocenters. The van der Waals surface area contributed by atoms with E-state index in [4.69, 9.17) is 5.11 Å². The fraction of sp³-hybridized carbons (Fsp3) is 1.00. The highest BCUT2D eigenvalue weighted by Gasteiger charge is 2.28. The molecule has 1 unspecified atom stereocenters. The molecule has 0 amide bonds. The van der Waals surface area contributed by atoms with Crippen molar-refractivity contribution in [2.75, 3.05) is 20.2 Å². The number of hydrogen-bond acceptors (Lipinski definition) is 3. The maximum Gasteiger partial charge on any atom is 0.218 e. The van der Waals surface area contributed by atoms with E-state index in [1.807, 2.05) is 0 Å². The Morgan fingerprint density at radius 1 is 1.40 bits per heavy atom. The lowest BCUT2D eigenvalue weighted by atomic mass is 10.1. The first kappa shape index (κ1) is 12.9. The zero-order valence-corrected chi connectivity index (χ0v) is 10.3. The molecule has 0 radical (unpaired) electrons. The Balaban J connectivity index is 2.54. The number of aliphatic hydroxyl groups excluding tert-OH is 1. The molecule has 1 rings (SSSR count). The van der Waals surface area contributed by atoms with Gasteiger partial charge in [0.2, 0.25) is 10.0 Å². The molecule has 0 aliphatic heterocycles. The first-order valence-corrected chi connectivity index (χ1v) is 7.04. The number of sulfonamides is 1. The largest absolute Gasteiger partial charge is 0.395 e. The van der Waals surface area contributed by atoms with Crippen molar-refractivity contribution in [3.8, 4) is 0 Å². The smallest absolute Gasteiger partial charge is 0.218 e. The molecule has 0 bridgehead atoms. The standard InChI is InChI=1S/C10H21NO3S/c1-9(8-12)15(13,14)11(2)7-10-5-3-4-6-10/h9-10,12H,3-8H2,1-2H3. The average Bonchev–Trinajstić information content (AvgIpc) is 2.68. The van der Waals surface area contributed by atoms with Gasteiger partial charge in [-0.1, -0.05) is 12.8 Å². The zero-order chi connectivity index (χ0) is 11.5. The van der Waals surface area contributed by atoms with Gasteiger partial charge >= 0.3 is 0 Å². The molecule has 0 aromatic rings. The van der Waals surface area contributed by atoms with Gasteiger partial charge in [-0.2, -0.15) is 0 Å². The Hall–Kier alpha value is -0.130. The molecular weight excluding hydrogens is 214 g/mol. The van der Waals surface area contributed by atoms with Crippen LogP contribution in [0.1, 0.15) is 32.6 Å². The first-order valence-electron chi connectivity index (χ1n) is 5.54. The van der Waals surface area contributed by atoms with Crippen molar-refractivity contribution >= 4 is 10.0 Å². The van der Waals surface area contributed by atoms with E-state index in [1.165, 1.54) is 17.1 Å². The third-order valence-electron chi connectivity index (χ3n) is 3.19. The normalized spacial score (nSPS) is 21.1. The average molecular weight is 235 g/mol. The quantitative estimate of drug-likeness (QED) is 0.767. The van der Waals surface area contributed by atoms with Crippen molar-refractivity contribution in [1.82, 2.24) is 4.31 Å². The monoisotopic (exact) mass is 235 g/mol. The predicted octanol–water partition coefficient (Wildman–Crippen LogP) is 0.819. The summed E-state index contributed by atoms with van der Waals surface area (Å²) in [5, 5.41) is 8.18. The zero-order valence-electron chi connectivity index (χ0n) is 9.52. The molecular formula is C10H21NO3S. The highest BCUT2D eigenvalue weighted by atomic mass is 32.2. The van der Waals surface area contributed by atoms with Crippen LogP contribution in [-0.4, -0.2) is 43.3 Å². The number of nitrogens with zero attached hydrogens (tertiary/aromatic N) is 1. The lowest BCUT2D eigenvalue weighted by Gasteiger charge is -2.23. The maximum absolute atomic E-state index is 11.8. The van der Waals surface area contributed by atoms with Crippen LogP contribution in [0.4, 0.5) is 0 Å². The van der Waals surface area contributed by atoms with Crippen LogP contribution in [0.25, 0.3) is 0 Å². The highest BCUT2D eigenvalue weighted by molar-refractivity contribution is 7.89. The molecule has 15 heavy (non-hydrogen) atoms. The van der Waals surface area contributed by atoms with Crippen molar-refractivity contribution in [2.24, 2.45) is 5.92 Å². The topological polar surface area (TPSA) is 57.6 Å². The van der Waals surface area contributed by atoms with Gasteiger partial charge in [-0.3, -0.25) is 0 Å². The summed E-state index contributed by atoms with van der Waals surface area (Å²) in [6.07, 6.45) is 4.70. The summed E-state index contributed by atoms with van der Waals surface area (Å²) in [6, 6.07) is 0. The molecule has 0 saturated heterocycles. The van der Waals surface area contributed by atoms with Gasteiger partial charge in [-0.15, -0.1) is 0 Å². The Labute approximate surface area is 92.3 Å². The third kappa shape index (κ3) is 3.16. The number of rotatable bonds is 5. The molecule has 1 aliphatic rings. The summed E-state index contributed by atoms with van der Waals surface area (Å²) >= 11 is 0. The van der Waals surface area contributed by atoms with Crippen LogP contribution < -0.4 is 0 Å². The molecule has 0 aromatic heterocycles. The minimum Gasteiger partial charge on any atom is -0.395 e. The first-order chi connectivity index (χ1) is 6.98. The number of hydrogen-bond donors (Lipinski definition) is 1. The van der Waals surface area contributed by atoms with Gasteiger partial charge in [-0.05, 0) is 25.7 Å². The molecule has 0 aromatic carbocycles. The molecule has 1 aliphatic carbocycles. The fourth-order valence-corrected chi connectivity index (χ4v) is 3.28. The van der Waals surface area contributed by atoms with Gasteiger partial charge in [0, 0.05) is 13.6 Å². The van der Waals surface area contributed by atoms with Crippen LogP contribution in [-0.2, 0) is 10.0 Å². The van der Waals surface area contributed by atoms with Gasteiger partial charge in [0.1, 0.15) is 0 Å². The molecule has 0 heterocycles. The van der Waals surface area contributed by atoms with Gasteiger partial charge in [0.05, 0.1) is 11.9 Å².